The summed E-state index contributed by atoms with van der Waals surface area (Å²) in [5.41, 5.74) is 5.52. The number of hydrogen-bond acceptors (Lipinski definition) is 6. The third-order valence-corrected chi connectivity index (χ3v) is 4.10. The number of tetrazole rings is 1. The minimum Gasteiger partial charge on any atom is -0.367 e. The summed E-state index contributed by atoms with van der Waals surface area (Å²) < 4.78 is 23.8. The highest BCUT2D eigenvalue weighted by Gasteiger charge is 2.26. The molecule has 1 aromatic heterocycles. The molecule has 14 heavy (non-hydrogen) atoms. The molecule has 0 aliphatic carbocycles. The fourth-order valence-electron chi connectivity index (χ4n) is 1.58. The topological polar surface area (TPSA) is 104 Å². The molecule has 1 aromatic rings. The summed E-state index contributed by atoms with van der Waals surface area (Å²) in [5.74, 6) is 0.628. The lowest BCUT2D eigenvalue weighted by Crippen LogP contribution is -2.26. The maximum absolute atomic E-state index is 11.2. The van der Waals surface area contributed by atoms with Gasteiger partial charge in [-0.05, 0) is 23.3 Å². The van der Waals surface area contributed by atoms with Crippen LogP contribution in [-0.4, -0.2) is 40.1 Å². The van der Waals surface area contributed by atoms with Crippen LogP contribution < -0.4 is 5.73 Å². The molecule has 7 nitrogen and oxygen atoms in total. The summed E-state index contributed by atoms with van der Waals surface area (Å²) in [6.07, 6.45) is 1.08. The van der Waals surface area contributed by atoms with Gasteiger partial charge in [-0.1, -0.05) is 5.10 Å². The van der Waals surface area contributed by atoms with Crippen molar-refractivity contribution in [1.29, 1.82) is 0 Å². The fourth-order valence-corrected chi connectivity index (χ4v) is 3.05. The van der Waals surface area contributed by atoms with Gasteiger partial charge in [-0.25, -0.2) is 13.1 Å². The van der Waals surface area contributed by atoms with Crippen LogP contribution in [0.3, 0.4) is 0 Å². The van der Waals surface area contributed by atoms with Crippen molar-refractivity contribution in [3.63, 3.8) is 0 Å². The molecule has 0 amide bonds. The van der Waals surface area contributed by atoms with Crippen LogP contribution >= 0.6 is 0 Å². The molecule has 0 bridgehead atoms. The molecule has 0 saturated carbocycles. The zero-order valence-electron chi connectivity index (χ0n) is 7.50. The van der Waals surface area contributed by atoms with Crippen molar-refractivity contribution in [3.05, 3.63) is 0 Å². The van der Waals surface area contributed by atoms with E-state index in [1.54, 1.807) is 0 Å². The molecule has 8 heteroatoms. The van der Waals surface area contributed by atoms with Crippen molar-refractivity contribution in [3.8, 4) is 0 Å². The molecule has 0 atom stereocenters. The van der Waals surface area contributed by atoms with Gasteiger partial charge >= 0.3 is 0 Å². The lowest BCUT2D eigenvalue weighted by molar-refractivity contribution is 0.409. The number of rotatable bonds is 1. The molecule has 0 aromatic carbocycles. The van der Waals surface area contributed by atoms with E-state index in [1.165, 1.54) is 4.68 Å². The molecule has 0 spiro atoms. The van der Waals surface area contributed by atoms with Gasteiger partial charge < -0.3 is 5.73 Å². The number of hydrogen-bond donors (Lipinski definition) is 1. The molecule has 1 saturated heterocycles. The third kappa shape index (κ3) is 1.69. The van der Waals surface area contributed by atoms with Gasteiger partial charge in [-0.2, -0.15) is 0 Å². The van der Waals surface area contributed by atoms with Crippen molar-refractivity contribution in [2.24, 2.45) is 0 Å². The highest BCUT2D eigenvalue weighted by Crippen LogP contribution is 2.23. The molecule has 1 aliphatic heterocycles. The lowest BCUT2D eigenvalue weighted by Gasteiger charge is -2.21. The Morgan fingerprint density at radius 2 is 2.00 bits per heavy atom. The normalized spacial score (nSPS) is 22.3. The standard InChI is InChI=1S/C6H11N5O2S/c7-6-8-9-10-11(6)5-1-3-14(12,13)4-2-5/h5H,1-4H2,(H2,7,8,10). The van der Waals surface area contributed by atoms with E-state index in [0.29, 0.717) is 12.8 Å². The summed E-state index contributed by atoms with van der Waals surface area (Å²) in [6, 6.07) is 0.0218. The highest BCUT2D eigenvalue weighted by molar-refractivity contribution is 7.91. The molecule has 0 unspecified atom stereocenters. The molecular weight excluding hydrogens is 206 g/mol. The molecule has 1 aliphatic rings. The predicted molar refractivity (Wildman–Crippen MR) is 49.2 cm³/mol. The van der Waals surface area contributed by atoms with Crippen molar-refractivity contribution in [2.75, 3.05) is 17.2 Å². The van der Waals surface area contributed by atoms with Gasteiger partial charge in [-0.3, -0.25) is 0 Å². The van der Waals surface area contributed by atoms with E-state index in [9.17, 15) is 8.42 Å². The van der Waals surface area contributed by atoms with E-state index < -0.39 is 9.84 Å². The van der Waals surface area contributed by atoms with Crippen LogP contribution in [0.5, 0.6) is 0 Å². The van der Waals surface area contributed by atoms with Gasteiger partial charge in [-0.15, -0.1) is 0 Å². The average Bonchev–Trinajstić information content (AvgIpc) is 2.52. The van der Waals surface area contributed by atoms with Gasteiger partial charge in [0.2, 0.25) is 5.95 Å². The van der Waals surface area contributed by atoms with Crippen LogP contribution in [0.2, 0.25) is 0 Å². The number of anilines is 1. The molecule has 0 radical (unpaired) electrons. The van der Waals surface area contributed by atoms with Crippen LogP contribution in [0.1, 0.15) is 18.9 Å². The Balaban J connectivity index is 2.13. The maximum Gasteiger partial charge on any atom is 0.240 e. The second kappa shape index (κ2) is 3.19. The van der Waals surface area contributed by atoms with Crippen molar-refractivity contribution >= 4 is 15.8 Å². The average molecular weight is 217 g/mol. The Labute approximate surface area is 81.2 Å². The smallest absolute Gasteiger partial charge is 0.240 e. The maximum atomic E-state index is 11.2. The van der Waals surface area contributed by atoms with Crippen LogP contribution in [0.25, 0.3) is 0 Å². The van der Waals surface area contributed by atoms with Gasteiger partial charge in [0, 0.05) is 0 Å². The Hall–Kier alpha value is -1.18. The summed E-state index contributed by atoms with van der Waals surface area (Å²) in [6.45, 7) is 0. The van der Waals surface area contributed by atoms with Crippen LogP contribution in [0, 0.1) is 0 Å². The van der Waals surface area contributed by atoms with Crippen LogP contribution in [0.15, 0.2) is 0 Å². The molecule has 2 rings (SSSR count). The first-order chi connectivity index (χ1) is 6.58. The minimum atomic E-state index is -2.84. The second-order valence-electron chi connectivity index (χ2n) is 3.36. The SMILES string of the molecule is Nc1nnnn1C1CCS(=O)(=O)CC1. The highest BCUT2D eigenvalue weighted by atomic mass is 32.2. The van der Waals surface area contributed by atoms with Gasteiger partial charge in [0.15, 0.2) is 0 Å². The number of aromatic nitrogens is 4. The Bertz CT molecular complexity index is 411. The van der Waals surface area contributed by atoms with E-state index in [-0.39, 0.29) is 23.5 Å². The summed E-state index contributed by atoms with van der Waals surface area (Å²) >= 11 is 0. The summed E-state index contributed by atoms with van der Waals surface area (Å²) in [7, 11) is -2.84. The van der Waals surface area contributed by atoms with Crippen molar-refractivity contribution in [1.82, 2.24) is 20.2 Å². The van der Waals surface area contributed by atoms with E-state index in [0.717, 1.165) is 0 Å². The second-order valence-corrected chi connectivity index (χ2v) is 5.67. The Morgan fingerprint density at radius 1 is 1.36 bits per heavy atom. The number of sulfone groups is 1. The molecule has 78 valence electrons. The molecule has 2 heterocycles. The predicted octanol–water partition coefficient (Wildman–Crippen LogP) is -0.995. The Kier molecular flexibility index (Phi) is 2.14. The zero-order chi connectivity index (χ0) is 10.2. The minimum absolute atomic E-state index is 0.0218. The Morgan fingerprint density at radius 3 is 2.50 bits per heavy atom. The van der Waals surface area contributed by atoms with E-state index in [4.69, 9.17) is 5.73 Å². The molecule has 2 N–H and O–H groups in total. The monoisotopic (exact) mass is 217 g/mol. The largest absolute Gasteiger partial charge is 0.367 e. The third-order valence-electron chi connectivity index (χ3n) is 2.39. The molecule has 1 fully saturated rings. The van der Waals surface area contributed by atoms with Crippen LogP contribution in [0.4, 0.5) is 5.95 Å². The first-order valence-electron chi connectivity index (χ1n) is 4.32. The van der Waals surface area contributed by atoms with Gasteiger partial charge in [0.1, 0.15) is 9.84 Å². The van der Waals surface area contributed by atoms with Crippen molar-refractivity contribution in [2.45, 2.75) is 18.9 Å². The van der Waals surface area contributed by atoms with Crippen LogP contribution in [-0.2, 0) is 9.84 Å². The van der Waals surface area contributed by atoms with E-state index in [2.05, 4.69) is 15.5 Å². The quantitative estimate of drug-likeness (QED) is 0.647. The summed E-state index contributed by atoms with van der Waals surface area (Å²) in [5, 5.41) is 10.7. The van der Waals surface area contributed by atoms with Gasteiger partial charge in [0.05, 0.1) is 17.5 Å². The number of nitrogens with zero attached hydrogens (tertiary/aromatic N) is 4. The van der Waals surface area contributed by atoms with Gasteiger partial charge in [0.25, 0.3) is 0 Å². The molecular formula is C6H11N5O2S. The lowest BCUT2D eigenvalue weighted by atomic mass is 10.2. The fraction of sp³-hybridized carbons (Fsp3) is 0.833. The van der Waals surface area contributed by atoms with E-state index >= 15 is 0 Å². The first-order valence-corrected chi connectivity index (χ1v) is 6.14. The number of nitrogens with two attached hydrogens (primary N) is 1. The summed E-state index contributed by atoms with van der Waals surface area (Å²) in [4.78, 5) is 0. The number of nitrogen functional groups attached to an aromatic ring is 1. The van der Waals surface area contributed by atoms with Crippen molar-refractivity contribution < 1.29 is 8.42 Å². The zero-order valence-corrected chi connectivity index (χ0v) is 8.31. The van der Waals surface area contributed by atoms with E-state index in [1.807, 2.05) is 0 Å². The first kappa shape index (κ1) is 9.38.